The first-order valence-corrected chi connectivity index (χ1v) is 10.9. The van der Waals surface area contributed by atoms with Gasteiger partial charge in [0.25, 0.3) is 5.69 Å². The van der Waals surface area contributed by atoms with Crippen molar-refractivity contribution in [3.63, 3.8) is 0 Å². The molecule has 8 nitrogen and oxygen atoms in total. The highest BCUT2D eigenvalue weighted by atomic mass is 16.6. The molecule has 0 spiro atoms. The second-order valence-corrected chi connectivity index (χ2v) is 9.22. The van der Waals surface area contributed by atoms with Crippen molar-refractivity contribution in [1.82, 2.24) is 15.0 Å². The number of nitro benzene ring substituents is 1. The summed E-state index contributed by atoms with van der Waals surface area (Å²) >= 11 is 0. The van der Waals surface area contributed by atoms with Gasteiger partial charge in [-0.25, -0.2) is 0 Å². The average molecular weight is 431 g/mol. The van der Waals surface area contributed by atoms with E-state index < -0.39 is 4.92 Å². The van der Waals surface area contributed by atoms with Gasteiger partial charge in [0.2, 0.25) is 0 Å². The Morgan fingerprint density at radius 2 is 1.97 bits per heavy atom. The van der Waals surface area contributed by atoms with Crippen LogP contribution in [0, 0.1) is 15.5 Å². The molecule has 0 bridgehead atoms. The third-order valence-corrected chi connectivity index (χ3v) is 4.93. The molecule has 0 aliphatic heterocycles. The van der Waals surface area contributed by atoms with E-state index in [1.54, 1.807) is 12.1 Å². The second-order valence-electron chi connectivity index (χ2n) is 9.22. The third kappa shape index (κ3) is 9.27. The highest BCUT2D eigenvalue weighted by Gasteiger charge is 2.16. The Morgan fingerprint density at radius 1 is 1.19 bits per heavy atom. The van der Waals surface area contributed by atoms with Crippen molar-refractivity contribution >= 4 is 11.5 Å². The number of benzene rings is 1. The van der Waals surface area contributed by atoms with Crippen LogP contribution >= 0.6 is 0 Å². The number of hydrogen-bond acceptors (Lipinski definition) is 6. The van der Waals surface area contributed by atoms with Crippen LogP contribution in [0.1, 0.15) is 71.1 Å². The first kappa shape index (κ1) is 24.5. The minimum absolute atomic E-state index is 0.0261. The zero-order chi connectivity index (χ0) is 22.9. The molecule has 1 aromatic carbocycles. The smallest absolute Gasteiger partial charge is 0.273 e. The van der Waals surface area contributed by atoms with E-state index in [0.717, 1.165) is 37.9 Å². The minimum atomic E-state index is -0.473. The average Bonchev–Trinajstić information content (AvgIpc) is 3.11. The molecule has 0 aliphatic carbocycles. The molecule has 1 aromatic heterocycles. The van der Waals surface area contributed by atoms with Gasteiger partial charge in [0.15, 0.2) is 0 Å². The standard InChI is InChI=1S/C23H34N4O4/c1-18(28)15-19-16-21(10-11-22(19)27(29)30)31-14-8-7-13-26-17-20(24-25-26)9-5-6-12-23(2,3)4/h10-11,16-17H,5-9,12-15H2,1-4H3. The van der Waals surface area contributed by atoms with Crippen LogP contribution < -0.4 is 4.74 Å². The van der Waals surface area contributed by atoms with E-state index in [0.29, 0.717) is 23.3 Å². The van der Waals surface area contributed by atoms with Crippen LogP contribution in [0.15, 0.2) is 24.4 Å². The maximum Gasteiger partial charge on any atom is 0.273 e. The Hall–Kier alpha value is -2.77. The predicted molar refractivity (Wildman–Crippen MR) is 119 cm³/mol. The van der Waals surface area contributed by atoms with E-state index in [1.165, 1.54) is 25.8 Å². The highest BCUT2D eigenvalue weighted by Crippen LogP contribution is 2.25. The van der Waals surface area contributed by atoms with E-state index in [1.807, 2.05) is 10.9 Å². The molecule has 1 heterocycles. The first-order chi connectivity index (χ1) is 14.6. The van der Waals surface area contributed by atoms with Crippen LogP contribution in [0.4, 0.5) is 5.69 Å². The van der Waals surface area contributed by atoms with Gasteiger partial charge >= 0.3 is 0 Å². The molecule has 0 unspecified atom stereocenters. The van der Waals surface area contributed by atoms with Crippen molar-refractivity contribution in [3.05, 3.63) is 45.8 Å². The lowest BCUT2D eigenvalue weighted by atomic mass is 9.89. The molecule has 0 fully saturated rings. The van der Waals surface area contributed by atoms with Crippen LogP contribution in [-0.2, 0) is 24.2 Å². The summed E-state index contributed by atoms with van der Waals surface area (Å²) in [4.78, 5) is 22.0. The normalized spacial score (nSPS) is 11.5. The molecule has 0 atom stereocenters. The Morgan fingerprint density at radius 3 is 2.65 bits per heavy atom. The number of aromatic nitrogens is 3. The summed E-state index contributed by atoms with van der Waals surface area (Å²) in [7, 11) is 0. The molecular formula is C23H34N4O4. The molecule has 0 radical (unpaired) electrons. The van der Waals surface area contributed by atoms with Crippen LogP contribution in [-0.4, -0.2) is 32.3 Å². The number of ketones is 1. The van der Waals surface area contributed by atoms with Crippen molar-refractivity contribution in [2.45, 2.75) is 79.2 Å². The quantitative estimate of drug-likeness (QED) is 0.254. The van der Waals surface area contributed by atoms with Gasteiger partial charge in [-0.3, -0.25) is 19.6 Å². The topological polar surface area (TPSA) is 100 Å². The summed E-state index contributed by atoms with van der Waals surface area (Å²) in [6.45, 7) is 9.47. The van der Waals surface area contributed by atoms with E-state index >= 15 is 0 Å². The second kappa shape index (κ2) is 11.6. The van der Waals surface area contributed by atoms with Gasteiger partial charge in [0.05, 0.1) is 17.2 Å². The Bertz CT molecular complexity index is 871. The molecule has 2 aromatic rings. The monoisotopic (exact) mass is 430 g/mol. The number of aryl methyl sites for hydroxylation is 2. The van der Waals surface area contributed by atoms with Crippen molar-refractivity contribution in [2.24, 2.45) is 5.41 Å². The Labute approximate surface area is 184 Å². The lowest BCUT2D eigenvalue weighted by Crippen LogP contribution is -2.05. The predicted octanol–water partition coefficient (Wildman–Crippen LogP) is 4.94. The van der Waals surface area contributed by atoms with Gasteiger partial charge in [0.1, 0.15) is 11.5 Å². The fourth-order valence-corrected chi connectivity index (χ4v) is 3.33. The van der Waals surface area contributed by atoms with Crippen LogP contribution in [0.2, 0.25) is 0 Å². The van der Waals surface area contributed by atoms with Gasteiger partial charge in [-0.15, -0.1) is 5.10 Å². The van der Waals surface area contributed by atoms with Crippen molar-refractivity contribution in [3.8, 4) is 5.75 Å². The third-order valence-electron chi connectivity index (χ3n) is 4.93. The van der Waals surface area contributed by atoms with Crippen molar-refractivity contribution < 1.29 is 14.5 Å². The zero-order valence-electron chi connectivity index (χ0n) is 19.1. The molecule has 0 aliphatic rings. The first-order valence-electron chi connectivity index (χ1n) is 10.9. The van der Waals surface area contributed by atoms with Gasteiger partial charge in [-0.05, 0) is 56.6 Å². The molecule has 170 valence electrons. The van der Waals surface area contributed by atoms with E-state index in [-0.39, 0.29) is 17.9 Å². The highest BCUT2D eigenvalue weighted by molar-refractivity contribution is 5.79. The minimum Gasteiger partial charge on any atom is -0.494 e. The van der Waals surface area contributed by atoms with Crippen molar-refractivity contribution in [2.75, 3.05) is 6.61 Å². The van der Waals surface area contributed by atoms with Gasteiger partial charge in [-0.2, -0.15) is 0 Å². The summed E-state index contributed by atoms with van der Waals surface area (Å²) in [5.74, 6) is 0.418. The maximum atomic E-state index is 11.4. The van der Waals surface area contributed by atoms with Gasteiger partial charge < -0.3 is 4.74 Å². The number of Topliss-reactive ketones (excluding diaryl/α,β-unsaturated/α-hetero) is 1. The van der Waals surface area contributed by atoms with E-state index in [2.05, 4.69) is 31.1 Å². The number of nitrogens with zero attached hydrogens (tertiary/aromatic N) is 4. The molecule has 31 heavy (non-hydrogen) atoms. The molecule has 8 heteroatoms. The Kier molecular flexibility index (Phi) is 9.15. The maximum absolute atomic E-state index is 11.4. The summed E-state index contributed by atoms with van der Waals surface area (Å²) in [5.41, 5.74) is 1.74. The number of unbranched alkanes of at least 4 members (excludes halogenated alkanes) is 2. The summed E-state index contributed by atoms with van der Waals surface area (Å²) < 4.78 is 7.59. The van der Waals surface area contributed by atoms with Crippen LogP contribution in [0.5, 0.6) is 5.75 Å². The zero-order valence-corrected chi connectivity index (χ0v) is 19.1. The number of carbonyl (C=O) groups excluding carboxylic acids is 1. The molecule has 0 saturated carbocycles. The van der Waals surface area contributed by atoms with Crippen LogP contribution in [0.25, 0.3) is 0 Å². The van der Waals surface area contributed by atoms with Gasteiger partial charge in [0, 0.05) is 30.8 Å². The fraction of sp³-hybridized carbons (Fsp3) is 0.609. The van der Waals surface area contributed by atoms with E-state index in [4.69, 9.17) is 4.74 Å². The SMILES string of the molecule is CC(=O)Cc1cc(OCCCCn2cc(CCCCC(C)(C)C)nn2)ccc1[N+](=O)[O-]. The number of hydrogen-bond donors (Lipinski definition) is 0. The summed E-state index contributed by atoms with van der Waals surface area (Å²) in [6.07, 6.45) is 8.25. The lowest BCUT2D eigenvalue weighted by molar-refractivity contribution is -0.385. The number of rotatable bonds is 13. The number of carbonyl (C=O) groups is 1. The largest absolute Gasteiger partial charge is 0.494 e. The summed E-state index contributed by atoms with van der Waals surface area (Å²) in [5, 5.41) is 19.5. The molecule has 2 rings (SSSR count). The number of ether oxygens (including phenoxy) is 1. The lowest BCUT2D eigenvalue weighted by Gasteiger charge is -2.17. The van der Waals surface area contributed by atoms with Crippen molar-refractivity contribution in [1.29, 1.82) is 0 Å². The van der Waals surface area contributed by atoms with E-state index in [9.17, 15) is 14.9 Å². The van der Waals surface area contributed by atoms with Crippen LogP contribution in [0.3, 0.4) is 0 Å². The molecular weight excluding hydrogens is 396 g/mol. The molecule has 0 N–H and O–H groups in total. The summed E-state index contributed by atoms with van der Waals surface area (Å²) in [6, 6.07) is 4.56. The number of nitro groups is 1. The fourth-order valence-electron chi connectivity index (χ4n) is 3.33. The molecule has 0 amide bonds. The molecule has 0 saturated heterocycles. The Balaban J connectivity index is 1.71. The van der Waals surface area contributed by atoms with Gasteiger partial charge in [-0.1, -0.05) is 32.4 Å².